The number of methoxy groups -OCH3 is 3. The molecule has 292 valence electrons. The monoisotopic (exact) mass is 745 g/mol. The van der Waals surface area contributed by atoms with Crippen LogP contribution in [0.25, 0.3) is 0 Å². The number of hydrogen-bond donors (Lipinski definition) is 0. The SMILES string of the molecule is COCCN1/C(=C/C=C2\CCC(/C=C/C3=[N+](CCOC)c4ccc(OC)cc4C3(C)C)=C2OC(c2cc[n+](C)cc2)C(C)(C)C)C(C)(C)c2cc(C)ccc21. The van der Waals surface area contributed by atoms with Crippen LogP contribution in [0.2, 0.25) is 0 Å². The smallest absolute Gasteiger partial charge is 0.210 e. The zero-order valence-electron chi connectivity index (χ0n) is 35.4. The van der Waals surface area contributed by atoms with Gasteiger partial charge < -0.3 is 23.8 Å². The van der Waals surface area contributed by atoms with E-state index in [0.717, 1.165) is 37.4 Å². The molecule has 55 heavy (non-hydrogen) atoms. The first-order valence-electron chi connectivity index (χ1n) is 19.8. The number of allylic oxidation sites excluding steroid dienone is 7. The Hall–Kier alpha value is -4.46. The van der Waals surface area contributed by atoms with Crippen molar-refractivity contribution in [3.63, 3.8) is 0 Å². The Bertz CT molecular complexity index is 2060. The van der Waals surface area contributed by atoms with E-state index in [1.165, 1.54) is 56.2 Å². The van der Waals surface area contributed by atoms with Gasteiger partial charge in [0.05, 0.1) is 19.1 Å². The Morgan fingerprint density at radius 3 is 2.24 bits per heavy atom. The van der Waals surface area contributed by atoms with Gasteiger partial charge in [-0.1, -0.05) is 58.4 Å². The predicted molar refractivity (Wildman–Crippen MR) is 224 cm³/mol. The van der Waals surface area contributed by atoms with Crippen molar-refractivity contribution < 1.29 is 28.1 Å². The Kier molecular flexibility index (Phi) is 11.7. The lowest BCUT2D eigenvalue weighted by molar-refractivity contribution is -0.671. The van der Waals surface area contributed by atoms with Crippen LogP contribution in [0.3, 0.4) is 0 Å². The van der Waals surface area contributed by atoms with E-state index in [2.05, 4.69) is 162 Å². The lowest BCUT2D eigenvalue weighted by atomic mass is 9.81. The molecule has 1 unspecified atom stereocenters. The second-order valence-electron chi connectivity index (χ2n) is 17.4. The summed E-state index contributed by atoms with van der Waals surface area (Å²) < 4.78 is 28.7. The summed E-state index contributed by atoms with van der Waals surface area (Å²) >= 11 is 0. The van der Waals surface area contributed by atoms with Crippen molar-refractivity contribution in [3.05, 3.63) is 130 Å². The molecule has 1 aromatic heterocycles. The third-order valence-electron chi connectivity index (χ3n) is 11.6. The van der Waals surface area contributed by atoms with Crippen LogP contribution in [0.5, 0.6) is 5.75 Å². The van der Waals surface area contributed by atoms with Gasteiger partial charge in [-0.25, -0.2) is 4.57 Å². The van der Waals surface area contributed by atoms with E-state index < -0.39 is 0 Å². The van der Waals surface area contributed by atoms with Gasteiger partial charge in [0, 0.05) is 78.4 Å². The highest BCUT2D eigenvalue weighted by Crippen LogP contribution is 2.49. The van der Waals surface area contributed by atoms with Gasteiger partial charge >= 0.3 is 0 Å². The molecular weight excluding hydrogens is 683 g/mol. The average Bonchev–Trinajstić information content (AvgIpc) is 3.70. The van der Waals surface area contributed by atoms with Crippen LogP contribution >= 0.6 is 0 Å². The van der Waals surface area contributed by atoms with Gasteiger partial charge in [0.15, 0.2) is 24.7 Å². The van der Waals surface area contributed by atoms with E-state index in [9.17, 15) is 0 Å². The summed E-state index contributed by atoms with van der Waals surface area (Å²) in [4.78, 5) is 2.44. The minimum Gasteiger partial charge on any atom is -0.497 e. The minimum absolute atomic E-state index is 0.153. The average molecular weight is 746 g/mol. The molecule has 0 saturated heterocycles. The van der Waals surface area contributed by atoms with E-state index >= 15 is 0 Å². The maximum atomic E-state index is 7.34. The van der Waals surface area contributed by atoms with Gasteiger partial charge in [0.1, 0.15) is 31.3 Å². The summed E-state index contributed by atoms with van der Waals surface area (Å²) in [7, 11) is 7.33. The fraction of sp³-hybridized carbons (Fsp3) is 0.458. The number of ether oxygens (including phenoxy) is 4. The second kappa shape index (κ2) is 16.0. The molecule has 1 aliphatic carbocycles. The number of anilines is 1. The van der Waals surface area contributed by atoms with E-state index in [1.807, 2.05) is 0 Å². The topological polar surface area (TPSA) is 47.1 Å². The highest BCUT2D eigenvalue weighted by molar-refractivity contribution is 6.03. The molecule has 0 N–H and O–H groups in total. The van der Waals surface area contributed by atoms with Crippen LogP contribution in [0.4, 0.5) is 11.4 Å². The van der Waals surface area contributed by atoms with E-state index in [1.54, 1.807) is 21.3 Å². The zero-order chi connectivity index (χ0) is 39.7. The molecule has 3 heterocycles. The molecule has 0 bridgehead atoms. The summed E-state index contributed by atoms with van der Waals surface area (Å²) in [6.07, 6.45) is 15.2. The predicted octanol–water partition coefficient (Wildman–Crippen LogP) is 9.51. The Morgan fingerprint density at radius 1 is 0.836 bits per heavy atom. The molecule has 0 saturated carbocycles. The summed E-state index contributed by atoms with van der Waals surface area (Å²) in [5.41, 5.74) is 11.9. The highest BCUT2D eigenvalue weighted by atomic mass is 16.5. The molecule has 2 aromatic carbocycles. The van der Waals surface area contributed by atoms with Crippen molar-refractivity contribution in [2.24, 2.45) is 12.5 Å². The molecule has 1 atom stereocenters. The van der Waals surface area contributed by atoms with Crippen molar-refractivity contribution in [2.75, 3.05) is 52.5 Å². The van der Waals surface area contributed by atoms with Gasteiger partial charge in [0.25, 0.3) is 0 Å². The number of aryl methyl sites for hydroxylation is 2. The molecule has 3 aliphatic rings. The number of benzene rings is 2. The molecule has 3 aromatic rings. The standard InChI is InChI=1S/C48H63N3O4/c1-33-13-19-40-38(31-33)47(5,6)42(50(40)27-29-52-10)21-16-34-14-15-35(44(34)55-45(46(2,3)4)36-23-25-49(9)26-24-36)17-22-43-48(7,8)39-32-37(54-12)18-20-41(39)51(43)28-30-53-11/h13,16-26,31-32,45H,14-15,27-30H2,1-12H3/q+2. The molecule has 0 spiro atoms. The van der Waals surface area contributed by atoms with Gasteiger partial charge in [-0.15, -0.1) is 0 Å². The minimum atomic E-state index is -0.238. The van der Waals surface area contributed by atoms with Gasteiger partial charge in [-0.3, -0.25) is 0 Å². The highest BCUT2D eigenvalue weighted by Gasteiger charge is 2.45. The van der Waals surface area contributed by atoms with E-state index in [-0.39, 0.29) is 22.3 Å². The molecule has 6 rings (SSSR count). The summed E-state index contributed by atoms with van der Waals surface area (Å²) in [6, 6.07) is 17.6. The Balaban J connectivity index is 1.48. The quantitative estimate of drug-likeness (QED) is 0.163. The van der Waals surface area contributed by atoms with Crippen LogP contribution in [0.1, 0.15) is 89.7 Å². The fourth-order valence-corrected chi connectivity index (χ4v) is 8.50. The summed E-state index contributed by atoms with van der Waals surface area (Å²) in [5.74, 6) is 1.85. The first-order chi connectivity index (χ1) is 26.1. The Morgan fingerprint density at radius 2 is 1.56 bits per heavy atom. The third kappa shape index (κ3) is 7.97. The number of pyridine rings is 1. The number of nitrogens with zero attached hydrogens (tertiary/aromatic N) is 3. The third-order valence-corrected chi connectivity index (χ3v) is 11.6. The molecule has 7 nitrogen and oxygen atoms in total. The number of fused-ring (bicyclic) bond motifs is 2. The normalized spacial score (nSPS) is 19.6. The summed E-state index contributed by atoms with van der Waals surface area (Å²) in [6.45, 7) is 21.1. The lowest BCUT2D eigenvalue weighted by Gasteiger charge is -2.32. The molecular formula is C48H63N3O4+2. The number of hydrogen-bond acceptors (Lipinski definition) is 5. The van der Waals surface area contributed by atoms with Crippen molar-refractivity contribution >= 4 is 17.1 Å². The Labute approximate surface area is 330 Å². The number of aromatic nitrogens is 1. The van der Waals surface area contributed by atoms with Crippen LogP contribution in [-0.4, -0.2) is 57.9 Å². The van der Waals surface area contributed by atoms with Gasteiger partial charge in [-0.2, -0.15) is 4.58 Å². The fourth-order valence-electron chi connectivity index (χ4n) is 8.50. The second-order valence-corrected chi connectivity index (χ2v) is 17.4. The van der Waals surface area contributed by atoms with Crippen molar-refractivity contribution in [2.45, 2.75) is 85.2 Å². The first-order valence-corrected chi connectivity index (χ1v) is 19.8. The van der Waals surface area contributed by atoms with Crippen LogP contribution in [-0.2, 0) is 32.1 Å². The van der Waals surface area contributed by atoms with E-state index in [0.29, 0.717) is 13.2 Å². The van der Waals surface area contributed by atoms with Gasteiger partial charge in [0.2, 0.25) is 5.69 Å². The molecule has 0 amide bonds. The van der Waals surface area contributed by atoms with Crippen LogP contribution in [0.15, 0.2) is 108 Å². The van der Waals surface area contributed by atoms with E-state index in [4.69, 9.17) is 18.9 Å². The largest absolute Gasteiger partial charge is 0.497 e. The molecule has 7 heteroatoms. The summed E-state index contributed by atoms with van der Waals surface area (Å²) in [5, 5.41) is 0. The van der Waals surface area contributed by atoms with Crippen molar-refractivity contribution in [1.29, 1.82) is 0 Å². The first kappa shape index (κ1) is 40.2. The molecule has 0 fully saturated rings. The van der Waals surface area contributed by atoms with Crippen LogP contribution < -0.4 is 14.2 Å². The van der Waals surface area contributed by atoms with Crippen molar-refractivity contribution in [3.8, 4) is 5.75 Å². The lowest BCUT2D eigenvalue weighted by Crippen LogP contribution is -2.29. The van der Waals surface area contributed by atoms with Crippen molar-refractivity contribution in [1.82, 2.24) is 0 Å². The maximum absolute atomic E-state index is 7.34. The number of rotatable bonds is 13. The van der Waals surface area contributed by atoms with Gasteiger partial charge in [-0.05, 0) is 80.7 Å². The molecule has 0 radical (unpaired) electrons. The van der Waals surface area contributed by atoms with Crippen LogP contribution in [0, 0.1) is 12.3 Å². The zero-order valence-corrected chi connectivity index (χ0v) is 35.4. The maximum Gasteiger partial charge on any atom is 0.210 e. The molecule has 2 aliphatic heterocycles.